The monoisotopic (exact) mass is 346 g/mol. The van der Waals surface area contributed by atoms with Gasteiger partial charge >= 0.3 is 11.9 Å². The highest BCUT2D eigenvalue weighted by atomic mass is 16.5. The van der Waals surface area contributed by atoms with Crippen molar-refractivity contribution in [2.75, 3.05) is 0 Å². The van der Waals surface area contributed by atoms with Crippen molar-refractivity contribution in [2.45, 2.75) is 13.0 Å². The molecule has 4 heteroatoms. The minimum Gasteiger partial charge on any atom is -0.478 e. The summed E-state index contributed by atoms with van der Waals surface area (Å²) < 4.78 is 5.31. The van der Waals surface area contributed by atoms with Crippen LogP contribution in [-0.2, 0) is 17.8 Å². The predicted molar refractivity (Wildman–Crippen MR) is 98.2 cm³/mol. The van der Waals surface area contributed by atoms with Gasteiger partial charge in [0.1, 0.15) is 6.61 Å². The van der Waals surface area contributed by atoms with E-state index in [0.717, 1.165) is 11.1 Å². The lowest BCUT2D eigenvalue weighted by atomic mass is 9.95. The van der Waals surface area contributed by atoms with E-state index in [4.69, 9.17) is 4.74 Å². The summed E-state index contributed by atoms with van der Waals surface area (Å²) >= 11 is 0. The summed E-state index contributed by atoms with van der Waals surface area (Å²) in [5.74, 6) is -1.77. The van der Waals surface area contributed by atoms with Crippen LogP contribution in [0.25, 0.3) is 0 Å². The molecule has 1 N–H and O–H groups in total. The van der Waals surface area contributed by atoms with Gasteiger partial charge in [-0.25, -0.2) is 9.59 Å². The average Bonchev–Trinajstić information content (AvgIpc) is 2.67. The van der Waals surface area contributed by atoms with Crippen LogP contribution in [0.3, 0.4) is 0 Å². The summed E-state index contributed by atoms with van der Waals surface area (Å²) in [5.41, 5.74) is 2.47. The summed E-state index contributed by atoms with van der Waals surface area (Å²) in [5, 5.41) is 9.65. The minimum absolute atomic E-state index is 0.00517. The van der Waals surface area contributed by atoms with E-state index in [-0.39, 0.29) is 17.7 Å². The van der Waals surface area contributed by atoms with E-state index in [1.54, 1.807) is 12.1 Å². The van der Waals surface area contributed by atoms with Crippen molar-refractivity contribution in [1.29, 1.82) is 0 Å². The van der Waals surface area contributed by atoms with E-state index in [1.807, 2.05) is 60.7 Å². The zero-order chi connectivity index (χ0) is 18.4. The number of hydrogen-bond acceptors (Lipinski definition) is 3. The fourth-order valence-electron chi connectivity index (χ4n) is 2.79. The van der Waals surface area contributed by atoms with Gasteiger partial charge in [-0.2, -0.15) is 0 Å². The highest BCUT2D eigenvalue weighted by Gasteiger charge is 2.21. The number of ether oxygens (including phenoxy) is 1. The zero-order valence-electron chi connectivity index (χ0n) is 14.1. The van der Waals surface area contributed by atoms with E-state index in [1.165, 1.54) is 6.07 Å². The Morgan fingerprint density at radius 2 is 1.38 bits per heavy atom. The Morgan fingerprint density at radius 1 is 0.769 bits per heavy atom. The van der Waals surface area contributed by atoms with Crippen LogP contribution in [0, 0.1) is 0 Å². The van der Waals surface area contributed by atoms with Gasteiger partial charge in [-0.1, -0.05) is 72.8 Å². The van der Waals surface area contributed by atoms with Crippen LogP contribution in [0.15, 0.2) is 78.9 Å². The van der Waals surface area contributed by atoms with Crippen molar-refractivity contribution in [2.24, 2.45) is 0 Å². The Morgan fingerprint density at radius 3 is 2.00 bits per heavy atom. The van der Waals surface area contributed by atoms with Crippen LogP contribution in [-0.4, -0.2) is 17.0 Å². The van der Waals surface area contributed by atoms with Crippen LogP contribution < -0.4 is 0 Å². The molecule has 0 aliphatic carbocycles. The number of carbonyl (C=O) groups is 2. The maximum Gasteiger partial charge on any atom is 0.339 e. The molecule has 0 bridgehead atoms. The number of carboxylic acid groups (broad SMARTS) is 1. The van der Waals surface area contributed by atoms with Crippen LogP contribution >= 0.6 is 0 Å². The third-order valence-corrected chi connectivity index (χ3v) is 4.03. The van der Waals surface area contributed by atoms with Crippen molar-refractivity contribution in [3.05, 3.63) is 107 Å². The van der Waals surface area contributed by atoms with Gasteiger partial charge in [-0.15, -0.1) is 0 Å². The van der Waals surface area contributed by atoms with Crippen molar-refractivity contribution < 1.29 is 19.4 Å². The lowest BCUT2D eigenvalue weighted by Crippen LogP contribution is -2.14. The summed E-state index contributed by atoms with van der Waals surface area (Å²) in [6.07, 6.45) is 0.433. The average molecular weight is 346 g/mol. The molecule has 0 aliphatic rings. The number of esters is 1. The Bertz CT molecular complexity index is 902. The lowest BCUT2D eigenvalue weighted by molar-refractivity contribution is 0.0463. The highest BCUT2D eigenvalue weighted by molar-refractivity contribution is 6.03. The molecular formula is C22H18O4. The lowest BCUT2D eigenvalue weighted by Gasteiger charge is -2.12. The van der Waals surface area contributed by atoms with Gasteiger partial charge in [0.15, 0.2) is 0 Å². The summed E-state index contributed by atoms with van der Waals surface area (Å²) in [4.78, 5) is 24.3. The molecular weight excluding hydrogens is 328 g/mol. The van der Waals surface area contributed by atoms with Gasteiger partial charge in [-0.05, 0) is 29.2 Å². The van der Waals surface area contributed by atoms with E-state index in [0.29, 0.717) is 12.0 Å². The first kappa shape index (κ1) is 17.4. The largest absolute Gasteiger partial charge is 0.478 e. The molecule has 0 aromatic heterocycles. The Hall–Kier alpha value is -3.40. The molecule has 0 unspecified atom stereocenters. The number of hydrogen-bond donors (Lipinski definition) is 1. The molecule has 0 saturated heterocycles. The Kier molecular flexibility index (Phi) is 5.44. The maximum absolute atomic E-state index is 12.5. The van der Waals surface area contributed by atoms with Gasteiger partial charge in [-0.3, -0.25) is 0 Å². The smallest absolute Gasteiger partial charge is 0.339 e. The van der Waals surface area contributed by atoms with Crippen LogP contribution in [0.2, 0.25) is 0 Å². The molecule has 3 rings (SSSR count). The van der Waals surface area contributed by atoms with E-state index >= 15 is 0 Å². The first-order valence-electron chi connectivity index (χ1n) is 8.25. The molecule has 0 aliphatic heterocycles. The molecule has 0 fully saturated rings. The first-order valence-corrected chi connectivity index (χ1v) is 8.25. The molecule has 0 atom stereocenters. The van der Waals surface area contributed by atoms with E-state index in [2.05, 4.69) is 0 Å². The van der Waals surface area contributed by atoms with Gasteiger partial charge in [0.05, 0.1) is 11.1 Å². The predicted octanol–water partition coefficient (Wildman–Crippen LogP) is 4.33. The van der Waals surface area contributed by atoms with Crippen molar-refractivity contribution >= 4 is 11.9 Å². The molecule has 130 valence electrons. The van der Waals surface area contributed by atoms with Crippen LogP contribution in [0.4, 0.5) is 0 Å². The van der Waals surface area contributed by atoms with Gasteiger partial charge in [0.25, 0.3) is 0 Å². The number of benzene rings is 3. The molecule has 0 radical (unpaired) electrons. The normalized spacial score (nSPS) is 10.3. The molecule has 26 heavy (non-hydrogen) atoms. The summed E-state index contributed by atoms with van der Waals surface area (Å²) in [6.45, 7) is 0.0989. The molecule has 0 amide bonds. The summed E-state index contributed by atoms with van der Waals surface area (Å²) in [6, 6.07) is 23.7. The Labute approximate surface area is 151 Å². The van der Waals surface area contributed by atoms with E-state index < -0.39 is 11.9 Å². The maximum atomic E-state index is 12.5. The van der Waals surface area contributed by atoms with Gasteiger partial charge in [0.2, 0.25) is 0 Å². The second-order valence-corrected chi connectivity index (χ2v) is 5.87. The van der Waals surface area contributed by atoms with Crippen LogP contribution in [0.1, 0.15) is 37.4 Å². The zero-order valence-corrected chi connectivity index (χ0v) is 14.1. The van der Waals surface area contributed by atoms with Crippen LogP contribution in [0.5, 0.6) is 0 Å². The van der Waals surface area contributed by atoms with Crippen molar-refractivity contribution in [1.82, 2.24) is 0 Å². The second kappa shape index (κ2) is 8.12. The highest BCUT2D eigenvalue weighted by Crippen LogP contribution is 2.20. The Balaban J connectivity index is 1.85. The standard InChI is InChI=1S/C22H18O4/c23-21(24)20-18(14-16-8-3-1-4-9-16)12-7-13-19(20)22(25)26-15-17-10-5-2-6-11-17/h1-13H,14-15H2,(H,23,24). The molecule has 4 nitrogen and oxygen atoms in total. The summed E-state index contributed by atoms with van der Waals surface area (Å²) in [7, 11) is 0. The third kappa shape index (κ3) is 4.16. The second-order valence-electron chi connectivity index (χ2n) is 5.87. The van der Waals surface area contributed by atoms with Crippen molar-refractivity contribution in [3.63, 3.8) is 0 Å². The third-order valence-electron chi connectivity index (χ3n) is 4.03. The topological polar surface area (TPSA) is 63.6 Å². The quantitative estimate of drug-likeness (QED) is 0.675. The van der Waals surface area contributed by atoms with Crippen molar-refractivity contribution in [3.8, 4) is 0 Å². The molecule has 0 saturated carbocycles. The fourth-order valence-corrected chi connectivity index (χ4v) is 2.79. The molecule has 3 aromatic carbocycles. The molecule has 0 spiro atoms. The SMILES string of the molecule is O=C(OCc1ccccc1)c1cccc(Cc2ccccc2)c1C(=O)O. The van der Waals surface area contributed by atoms with Gasteiger partial charge < -0.3 is 9.84 Å². The number of rotatable bonds is 6. The molecule has 0 heterocycles. The number of carbonyl (C=O) groups excluding carboxylic acids is 1. The number of carboxylic acids is 1. The van der Waals surface area contributed by atoms with Gasteiger partial charge in [0, 0.05) is 0 Å². The fraction of sp³-hybridized carbons (Fsp3) is 0.0909. The minimum atomic E-state index is -1.14. The van der Waals surface area contributed by atoms with E-state index in [9.17, 15) is 14.7 Å². The number of aromatic carboxylic acids is 1. The first-order chi connectivity index (χ1) is 12.6. The molecule has 3 aromatic rings.